The second-order valence-corrected chi connectivity index (χ2v) is 5.68. The number of ether oxygens (including phenoxy) is 1. The van der Waals surface area contributed by atoms with Gasteiger partial charge >= 0.3 is 0 Å². The Hall–Kier alpha value is -1.65. The number of benzene rings is 1. The summed E-state index contributed by atoms with van der Waals surface area (Å²) in [5, 5.41) is 9.58. The van der Waals surface area contributed by atoms with Crippen molar-refractivity contribution in [3.8, 4) is 5.75 Å². The van der Waals surface area contributed by atoms with Crippen LogP contribution in [0.4, 0.5) is 4.39 Å². The molecule has 0 aliphatic heterocycles. The zero-order valence-electron chi connectivity index (χ0n) is 13.1. The normalized spacial score (nSPS) is 16.2. The molecule has 1 unspecified atom stereocenters. The lowest BCUT2D eigenvalue weighted by atomic mass is 9.96. The molecule has 1 fully saturated rings. The maximum Gasteiger partial charge on any atom is 0.165 e. The maximum atomic E-state index is 13.8. The van der Waals surface area contributed by atoms with E-state index in [1.807, 2.05) is 24.2 Å². The summed E-state index contributed by atoms with van der Waals surface area (Å²) >= 11 is 0. The highest BCUT2D eigenvalue weighted by Gasteiger charge is 2.23. The average molecular weight is 293 g/mol. The van der Waals surface area contributed by atoms with E-state index in [4.69, 9.17) is 4.74 Å². The highest BCUT2D eigenvalue weighted by Crippen LogP contribution is 2.31. The van der Waals surface area contributed by atoms with E-state index in [-0.39, 0.29) is 11.7 Å². The van der Waals surface area contributed by atoms with E-state index in [0.29, 0.717) is 18.3 Å². The minimum absolute atomic E-state index is 0.282. The van der Waals surface area contributed by atoms with Crippen LogP contribution in [-0.4, -0.2) is 32.3 Å². The SMILES string of the molecule is CCC(CN(C)N=NC)c1ccc(F)c(OCC2CC2)c1. The zero-order valence-corrected chi connectivity index (χ0v) is 13.1. The lowest BCUT2D eigenvalue weighted by molar-refractivity contribution is 0.282. The van der Waals surface area contributed by atoms with Gasteiger partial charge in [-0.1, -0.05) is 18.2 Å². The molecule has 1 saturated carbocycles. The molecule has 4 nitrogen and oxygen atoms in total. The van der Waals surface area contributed by atoms with Crippen LogP contribution in [0.5, 0.6) is 5.75 Å². The van der Waals surface area contributed by atoms with Crippen LogP contribution in [0.1, 0.15) is 37.7 Å². The van der Waals surface area contributed by atoms with E-state index in [1.54, 1.807) is 7.05 Å². The number of hydrogen-bond donors (Lipinski definition) is 0. The Morgan fingerprint density at radius 3 is 2.81 bits per heavy atom. The number of nitrogens with zero attached hydrogens (tertiary/aromatic N) is 3. The fraction of sp³-hybridized carbons (Fsp3) is 0.625. The minimum Gasteiger partial charge on any atom is -0.490 e. The highest BCUT2D eigenvalue weighted by atomic mass is 19.1. The third kappa shape index (κ3) is 4.69. The molecule has 5 heteroatoms. The van der Waals surface area contributed by atoms with E-state index in [2.05, 4.69) is 17.3 Å². The average Bonchev–Trinajstić information content (AvgIpc) is 3.28. The third-order valence-corrected chi connectivity index (χ3v) is 3.82. The smallest absolute Gasteiger partial charge is 0.165 e. The van der Waals surface area contributed by atoms with Gasteiger partial charge in [0.25, 0.3) is 0 Å². The molecule has 1 aromatic rings. The van der Waals surface area contributed by atoms with Crippen molar-refractivity contribution in [2.75, 3.05) is 27.2 Å². The van der Waals surface area contributed by atoms with Gasteiger partial charge < -0.3 is 4.74 Å². The van der Waals surface area contributed by atoms with Crippen LogP contribution in [0.2, 0.25) is 0 Å². The molecule has 2 rings (SSSR count). The van der Waals surface area contributed by atoms with Crippen molar-refractivity contribution >= 4 is 0 Å². The lowest BCUT2D eigenvalue weighted by Crippen LogP contribution is -2.19. The van der Waals surface area contributed by atoms with Crippen LogP contribution in [0.15, 0.2) is 28.5 Å². The molecule has 1 aliphatic carbocycles. The van der Waals surface area contributed by atoms with Gasteiger partial charge in [-0.15, -0.1) is 0 Å². The van der Waals surface area contributed by atoms with E-state index >= 15 is 0 Å². The van der Waals surface area contributed by atoms with Crippen molar-refractivity contribution in [3.05, 3.63) is 29.6 Å². The molecule has 0 bridgehead atoms. The second kappa shape index (κ2) is 7.38. The molecule has 1 atom stereocenters. The first kappa shape index (κ1) is 15.7. The fourth-order valence-corrected chi connectivity index (χ4v) is 2.36. The molecule has 1 aromatic carbocycles. The van der Waals surface area contributed by atoms with Crippen LogP contribution in [0, 0.1) is 11.7 Å². The van der Waals surface area contributed by atoms with Gasteiger partial charge in [-0.25, -0.2) is 4.39 Å². The maximum absolute atomic E-state index is 13.8. The minimum atomic E-state index is -0.282. The summed E-state index contributed by atoms with van der Waals surface area (Å²) in [6.07, 6.45) is 3.36. The van der Waals surface area contributed by atoms with Crippen molar-refractivity contribution in [1.29, 1.82) is 0 Å². The molecular formula is C16H24FN3O. The van der Waals surface area contributed by atoms with E-state index in [1.165, 1.54) is 18.9 Å². The molecule has 0 spiro atoms. The van der Waals surface area contributed by atoms with Gasteiger partial charge in [0.2, 0.25) is 0 Å². The van der Waals surface area contributed by atoms with Crippen molar-refractivity contribution in [2.24, 2.45) is 16.3 Å². The second-order valence-electron chi connectivity index (χ2n) is 5.68. The summed E-state index contributed by atoms with van der Waals surface area (Å²) < 4.78 is 19.4. The van der Waals surface area contributed by atoms with Crippen molar-refractivity contribution in [3.63, 3.8) is 0 Å². The Bertz CT molecular complexity index is 488. The number of rotatable bonds is 8. The predicted molar refractivity (Wildman–Crippen MR) is 81.1 cm³/mol. The van der Waals surface area contributed by atoms with Crippen LogP contribution in [0.3, 0.4) is 0 Å². The first-order chi connectivity index (χ1) is 10.1. The van der Waals surface area contributed by atoms with E-state index in [0.717, 1.165) is 18.5 Å². The quantitative estimate of drug-likeness (QED) is 0.536. The van der Waals surface area contributed by atoms with Crippen LogP contribution < -0.4 is 4.74 Å². The molecule has 21 heavy (non-hydrogen) atoms. The molecule has 0 heterocycles. The molecule has 1 aliphatic rings. The van der Waals surface area contributed by atoms with E-state index in [9.17, 15) is 4.39 Å². The van der Waals surface area contributed by atoms with Crippen molar-refractivity contribution in [1.82, 2.24) is 5.01 Å². The summed E-state index contributed by atoms with van der Waals surface area (Å²) in [6.45, 7) is 3.50. The van der Waals surface area contributed by atoms with Crippen molar-refractivity contribution in [2.45, 2.75) is 32.1 Å². The van der Waals surface area contributed by atoms with Gasteiger partial charge in [-0.3, -0.25) is 5.01 Å². The molecule has 0 saturated heterocycles. The Labute approximate surface area is 126 Å². The molecule has 0 aromatic heterocycles. The van der Waals surface area contributed by atoms with Gasteiger partial charge in [0.15, 0.2) is 11.6 Å². The molecule has 116 valence electrons. The predicted octanol–water partition coefficient (Wildman–Crippen LogP) is 4.04. The van der Waals surface area contributed by atoms with Crippen molar-refractivity contribution < 1.29 is 9.13 Å². The Morgan fingerprint density at radius 2 is 2.19 bits per heavy atom. The largest absolute Gasteiger partial charge is 0.490 e. The molecule has 0 N–H and O–H groups in total. The van der Waals surface area contributed by atoms with Crippen LogP contribution >= 0.6 is 0 Å². The van der Waals surface area contributed by atoms with Gasteiger partial charge in [0.05, 0.1) is 13.7 Å². The summed E-state index contributed by atoms with van der Waals surface area (Å²) in [5.74, 6) is 0.990. The first-order valence-corrected chi connectivity index (χ1v) is 7.57. The first-order valence-electron chi connectivity index (χ1n) is 7.57. The summed E-state index contributed by atoms with van der Waals surface area (Å²) in [5.41, 5.74) is 1.09. The summed E-state index contributed by atoms with van der Waals surface area (Å²) in [6, 6.07) is 5.18. The van der Waals surface area contributed by atoms with Gasteiger partial charge in [-0.2, -0.15) is 5.11 Å². The topological polar surface area (TPSA) is 37.2 Å². The number of likely N-dealkylation sites (N-methyl/N-ethyl adjacent to an activating group) is 1. The van der Waals surface area contributed by atoms with Gasteiger partial charge in [0.1, 0.15) is 0 Å². The zero-order chi connectivity index (χ0) is 15.2. The van der Waals surface area contributed by atoms with E-state index < -0.39 is 0 Å². The monoisotopic (exact) mass is 293 g/mol. The Morgan fingerprint density at radius 1 is 1.43 bits per heavy atom. The third-order valence-electron chi connectivity index (χ3n) is 3.82. The van der Waals surface area contributed by atoms with Gasteiger partial charge in [0, 0.05) is 19.5 Å². The standard InChI is InChI=1S/C16H24FN3O/c1-4-13(10-20(3)19-18-2)14-7-8-15(17)16(9-14)21-11-12-5-6-12/h7-9,12-13H,4-6,10-11H2,1-3H3. The van der Waals surface area contributed by atoms with Crippen LogP contribution in [-0.2, 0) is 0 Å². The van der Waals surface area contributed by atoms with Gasteiger partial charge in [-0.05, 0) is 42.9 Å². The molecular weight excluding hydrogens is 269 g/mol. The summed E-state index contributed by atoms with van der Waals surface area (Å²) in [7, 11) is 3.54. The molecule has 0 radical (unpaired) electrons. The summed E-state index contributed by atoms with van der Waals surface area (Å²) in [4.78, 5) is 0. The number of halogens is 1. The molecule has 0 amide bonds. The van der Waals surface area contributed by atoms with Crippen LogP contribution in [0.25, 0.3) is 0 Å². The number of hydrogen-bond acceptors (Lipinski definition) is 3. The fourth-order valence-electron chi connectivity index (χ4n) is 2.36. The lowest BCUT2D eigenvalue weighted by Gasteiger charge is -2.21. The highest BCUT2D eigenvalue weighted by molar-refractivity contribution is 5.32. The Balaban J connectivity index is 2.06. The Kier molecular flexibility index (Phi) is 5.53.